The number of thiophene rings is 1. The average molecular weight is 311 g/mol. The van der Waals surface area contributed by atoms with Crippen LogP contribution in [0.4, 0.5) is 5.82 Å². The maximum absolute atomic E-state index is 12.1. The summed E-state index contributed by atoms with van der Waals surface area (Å²) in [6.45, 7) is 1.52. The minimum atomic E-state index is -0.0818. The fraction of sp³-hybridized carbons (Fsp3) is 0.200. The molecule has 0 saturated carbocycles. The van der Waals surface area contributed by atoms with E-state index >= 15 is 0 Å². The summed E-state index contributed by atoms with van der Waals surface area (Å²) in [6.07, 6.45) is 4.82. The van der Waals surface area contributed by atoms with Gasteiger partial charge in [0.25, 0.3) is 5.91 Å². The van der Waals surface area contributed by atoms with Crippen molar-refractivity contribution in [3.8, 4) is 0 Å². The lowest BCUT2D eigenvalue weighted by atomic mass is 10.1. The van der Waals surface area contributed by atoms with Gasteiger partial charge in [-0.3, -0.25) is 9.78 Å². The molecule has 1 amide bonds. The van der Waals surface area contributed by atoms with Crippen molar-refractivity contribution in [1.29, 1.82) is 0 Å². The zero-order valence-electron chi connectivity index (χ0n) is 11.6. The molecule has 3 aromatic rings. The summed E-state index contributed by atoms with van der Waals surface area (Å²) in [6, 6.07) is 5.65. The predicted octanol–water partition coefficient (Wildman–Crippen LogP) is 1.70. The Balaban J connectivity index is 1.42. The fourth-order valence-electron chi connectivity index (χ4n) is 2.51. The molecular weight excluding hydrogens is 298 g/mol. The van der Waals surface area contributed by atoms with Gasteiger partial charge >= 0.3 is 0 Å². The van der Waals surface area contributed by atoms with Gasteiger partial charge in [-0.1, -0.05) is 0 Å². The third-order valence-electron chi connectivity index (χ3n) is 3.66. The van der Waals surface area contributed by atoms with Crippen LogP contribution in [0.2, 0.25) is 0 Å². The number of anilines is 1. The summed E-state index contributed by atoms with van der Waals surface area (Å²) in [5.74, 6) is 0.869. The van der Waals surface area contributed by atoms with Crippen molar-refractivity contribution in [2.24, 2.45) is 0 Å². The van der Waals surface area contributed by atoms with Crippen LogP contribution >= 0.6 is 11.3 Å². The highest BCUT2D eigenvalue weighted by molar-refractivity contribution is 7.17. The number of nitrogens with one attached hydrogen (secondary N) is 1. The second-order valence-electron chi connectivity index (χ2n) is 5.15. The number of nitrogens with zero attached hydrogens (tertiary/aromatic N) is 4. The van der Waals surface area contributed by atoms with Crippen molar-refractivity contribution >= 4 is 33.3 Å². The standard InChI is InChI=1S/C15H13N5OS/c21-15(10-2-1-4-16-6-10)19-11-7-20(8-11)14-13-12(3-5-22-13)17-9-18-14/h1-6,9,11H,7-8H2,(H,19,21). The monoisotopic (exact) mass is 311 g/mol. The molecule has 0 unspecified atom stereocenters. The van der Waals surface area contributed by atoms with E-state index in [0.717, 1.165) is 29.1 Å². The molecule has 6 nitrogen and oxygen atoms in total. The smallest absolute Gasteiger partial charge is 0.253 e. The molecule has 0 spiro atoms. The highest BCUT2D eigenvalue weighted by Gasteiger charge is 2.30. The Morgan fingerprint density at radius 2 is 2.23 bits per heavy atom. The number of hydrogen-bond donors (Lipinski definition) is 1. The number of pyridine rings is 1. The maximum Gasteiger partial charge on any atom is 0.253 e. The summed E-state index contributed by atoms with van der Waals surface area (Å²) in [7, 11) is 0. The van der Waals surface area contributed by atoms with E-state index in [1.807, 2.05) is 11.4 Å². The van der Waals surface area contributed by atoms with Crippen molar-refractivity contribution in [3.05, 3.63) is 47.9 Å². The van der Waals surface area contributed by atoms with Crippen molar-refractivity contribution in [1.82, 2.24) is 20.3 Å². The molecule has 4 heterocycles. The number of rotatable bonds is 3. The van der Waals surface area contributed by atoms with Crippen LogP contribution in [0.25, 0.3) is 10.2 Å². The van der Waals surface area contributed by atoms with Gasteiger partial charge in [0.2, 0.25) is 0 Å². The highest BCUT2D eigenvalue weighted by atomic mass is 32.1. The Morgan fingerprint density at radius 3 is 3.05 bits per heavy atom. The molecule has 3 aromatic heterocycles. The topological polar surface area (TPSA) is 71.0 Å². The van der Waals surface area contributed by atoms with E-state index in [0.29, 0.717) is 5.56 Å². The molecule has 1 aliphatic heterocycles. The highest BCUT2D eigenvalue weighted by Crippen LogP contribution is 2.30. The van der Waals surface area contributed by atoms with Crippen molar-refractivity contribution in [2.75, 3.05) is 18.0 Å². The van der Waals surface area contributed by atoms with E-state index in [9.17, 15) is 4.79 Å². The van der Waals surface area contributed by atoms with E-state index in [4.69, 9.17) is 0 Å². The van der Waals surface area contributed by atoms with E-state index in [1.165, 1.54) is 0 Å². The van der Waals surface area contributed by atoms with Gasteiger partial charge in [-0.05, 0) is 23.6 Å². The first-order valence-electron chi connectivity index (χ1n) is 6.95. The molecule has 0 radical (unpaired) electrons. The molecular formula is C15H13N5OS. The summed E-state index contributed by atoms with van der Waals surface area (Å²) in [4.78, 5) is 26.8. The Hall–Kier alpha value is -2.54. The first-order chi connectivity index (χ1) is 10.8. The first kappa shape index (κ1) is 13.1. The Bertz CT molecular complexity index is 813. The summed E-state index contributed by atoms with van der Waals surface area (Å²) in [5.41, 5.74) is 1.56. The molecule has 0 aromatic carbocycles. The maximum atomic E-state index is 12.1. The number of carbonyl (C=O) groups excluding carboxylic acids is 1. The van der Waals surface area contributed by atoms with E-state index in [1.54, 1.807) is 42.2 Å². The SMILES string of the molecule is O=C(NC1CN(c2ncnc3ccsc23)C1)c1cccnc1. The van der Waals surface area contributed by atoms with Crippen LogP contribution in [-0.2, 0) is 0 Å². The Kier molecular flexibility index (Phi) is 3.19. The van der Waals surface area contributed by atoms with Gasteiger partial charge in [0.05, 0.1) is 21.8 Å². The molecule has 1 saturated heterocycles. The van der Waals surface area contributed by atoms with E-state index in [2.05, 4.69) is 25.2 Å². The average Bonchev–Trinajstić information content (AvgIpc) is 3.00. The van der Waals surface area contributed by atoms with Gasteiger partial charge in [0.15, 0.2) is 0 Å². The molecule has 1 fully saturated rings. The van der Waals surface area contributed by atoms with Crippen LogP contribution in [0, 0.1) is 0 Å². The minimum Gasteiger partial charge on any atom is -0.351 e. The van der Waals surface area contributed by atoms with Crippen LogP contribution in [0.15, 0.2) is 42.3 Å². The second kappa shape index (κ2) is 5.34. The van der Waals surface area contributed by atoms with Gasteiger partial charge in [-0.25, -0.2) is 9.97 Å². The number of aromatic nitrogens is 3. The summed E-state index contributed by atoms with van der Waals surface area (Å²) in [5, 5.41) is 5.03. The van der Waals surface area contributed by atoms with Crippen LogP contribution in [-0.4, -0.2) is 40.0 Å². The first-order valence-corrected chi connectivity index (χ1v) is 7.83. The van der Waals surface area contributed by atoms with Crippen LogP contribution in [0.5, 0.6) is 0 Å². The van der Waals surface area contributed by atoms with Crippen molar-refractivity contribution in [2.45, 2.75) is 6.04 Å². The Labute approximate surface area is 130 Å². The van der Waals surface area contributed by atoms with E-state index < -0.39 is 0 Å². The van der Waals surface area contributed by atoms with Crippen LogP contribution in [0.1, 0.15) is 10.4 Å². The molecule has 0 atom stereocenters. The van der Waals surface area contributed by atoms with Gasteiger partial charge in [0, 0.05) is 25.5 Å². The molecule has 7 heteroatoms. The van der Waals surface area contributed by atoms with Gasteiger partial charge in [-0.2, -0.15) is 0 Å². The lowest BCUT2D eigenvalue weighted by molar-refractivity contribution is 0.0930. The van der Waals surface area contributed by atoms with E-state index in [-0.39, 0.29) is 11.9 Å². The molecule has 4 rings (SSSR count). The number of amides is 1. The number of carbonyl (C=O) groups is 1. The van der Waals surface area contributed by atoms with Crippen molar-refractivity contribution < 1.29 is 4.79 Å². The number of hydrogen-bond acceptors (Lipinski definition) is 6. The quantitative estimate of drug-likeness (QED) is 0.797. The van der Waals surface area contributed by atoms with Crippen LogP contribution in [0.3, 0.4) is 0 Å². The lowest BCUT2D eigenvalue weighted by Gasteiger charge is -2.40. The molecule has 1 aliphatic rings. The Morgan fingerprint density at radius 1 is 1.32 bits per heavy atom. The summed E-state index contributed by atoms with van der Waals surface area (Å²) < 4.78 is 1.10. The van der Waals surface area contributed by atoms with Crippen molar-refractivity contribution in [3.63, 3.8) is 0 Å². The third kappa shape index (κ3) is 2.29. The zero-order chi connectivity index (χ0) is 14.9. The molecule has 0 aliphatic carbocycles. The molecule has 22 heavy (non-hydrogen) atoms. The lowest BCUT2D eigenvalue weighted by Crippen LogP contribution is -2.59. The minimum absolute atomic E-state index is 0.0818. The van der Waals surface area contributed by atoms with Gasteiger partial charge in [0.1, 0.15) is 12.1 Å². The third-order valence-corrected chi connectivity index (χ3v) is 4.56. The second-order valence-corrected chi connectivity index (χ2v) is 6.07. The zero-order valence-corrected chi connectivity index (χ0v) is 12.5. The molecule has 110 valence electrons. The van der Waals surface area contributed by atoms with Crippen LogP contribution < -0.4 is 10.2 Å². The largest absolute Gasteiger partial charge is 0.351 e. The predicted molar refractivity (Wildman–Crippen MR) is 85.1 cm³/mol. The number of fused-ring (bicyclic) bond motifs is 1. The molecule has 1 N–H and O–H groups in total. The van der Waals surface area contributed by atoms with Gasteiger partial charge in [-0.15, -0.1) is 11.3 Å². The normalized spacial score (nSPS) is 14.8. The summed E-state index contributed by atoms with van der Waals surface area (Å²) >= 11 is 1.64. The van der Waals surface area contributed by atoms with Gasteiger partial charge < -0.3 is 10.2 Å². The molecule has 0 bridgehead atoms. The fourth-order valence-corrected chi connectivity index (χ4v) is 3.37.